The number of hydrogen-bond acceptors (Lipinski definition) is 2. The Morgan fingerprint density at radius 3 is 2.42 bits per heavy atom. The molecular weight excluding hydrogens is 324 g/mol. The smallest absolute Gasteiger partial charge is 0.261 e. The minimum Gasteiger partial charge on any atom is -0.352 e. The third-order valence-electron chi connectivity index (χ3n) is 4.51. The van der Waals surface area contributed by atoms with E-state index >= 15 is 0 Å². The lowest BCUT2D eigenvalue weighted by Crippen LogP contribution is -2.31. The zero-order valence-corrected chi connectivity index (χ0v) is 14.2. The number of H-pyrrole nitrogens is 1. The molecule has 4 nitrogen and oxygen atoms in total. The molecular formula is C22H18N2O2. The van der Waals surface area contributed by atoms with Crippen molar-refractivity contribution in [2.45, 2.75) is 6.42 Å². The van der Waals surface area contributed by atoms with Gasteiger partial charge in [0.05, 0.1) is 0 Å². The number of carbonyl (C=O) groups is 1. The van der Waals surface area contributed by atoms with Crippen molar-refractivity contribution < 1.29 is 4.79 Å². The van der Waals surface area contributed by atoms with Crippen LogP contribution in [0.15, 0.2) is 77.6 Å². The number of fused-ring (bicyclic) bond motifs is 2. The summed E-state index contributed by atoms with van der Waals surface area (Å²) in [4.78, 5) is 27.3. The Balaban J connectivity index is 1.46. The second-order valence-electron chi connectivity index (χ2n) is 6.29. The Kier molecular flexibility index (Phi) is 4.23. The van der Waals surface area contributed by atoms with E-state index in [4.69, 9.17) is 0 Å². The number of hydrogen-bond donors (Lipinski definition) is 2. The average molecular weight is 342 g/mol. The van der Waals surface area contributed by atoms with Gasteiger partial charge in [0.2, 0.25) is 0 Å². The lowest BCUT2D eigenvalue weighted by molar-refractivity contribution is 0.0953. The van der Waals surface area contributed by atoms with Crippen LogP contribution in [0.25, 0.3) is 21.7 Å². The second kappa shape index (κ2) is 6.84. The van der Waals surface area contributed by atoms with Crippen LogP contribution >= 0.6 is 0 Å². The lowest BCUT2D eigenvalue weighted by Gasteiger charge is -2.07. The van der Waals surface area contributed by atoms with Gasteiger partial charge in [-0.1, -0.05) is 60.7 Å². The Labute approximate surface area is 150 Å². The van der Waals surface area contributed by atoms with E-state index in [1.165, 1.54) is 10.8 Å². The third kappa shape index (κ3) is 3.22. The van der Waals surface area contributed by atoms with Gasteiger partial charge in [-0.25, -0.2) is 0 Å². The van der Waals surface area contributed by atoms with Crippen LogP contribution in [0.5, 0.6) is 0 Å². The number of aromatic amines is 1. The van der Waals surface area contributed by atoms with Crippen LogP contribution in [-0.4, -0.2) is 17.4 Å². The van der Waals surface area contributed by atoms with Gasteiger partial charge in [0.15, 0.2) is 0 Å². The highest BCUT2D eigenvalue weighted by atomic mass is 16.2. The Morgan fingerprint density at radius 2 is 1.58 bits per heavy atom. The van der Waals surface area contributed by atoms with Crippen molar-refractivity contribution in [1.82, 2.24) is 10.3 Å². The maximum absolute atomic E-state index is 12.4. The minimum absolute atomic E-state index is 0.141. The van der Waals surface area contributed by atoms with Gasteiger partial charge in [-0.05, 0) is 40.3 Å². The molecule has 4 aromatic rings. The summed E-state index contributed by atoms with van der Waals surface area (Å²) in [6, 6.07) is 23.5. The molecule has 1 amide bonds. The molecule has 0 fully saturated rings. The molecule has 0 spiro atoms. The molecule has 4 heteroatoms. The topological polar surface area (TPSA) is 62.0 Å². The second-order valence-corrected chi connectivity index (χ2v) is 6.29. The van der Waals surface area contributed by atoms with Gasteiger partial charge in [0.1, 0.15) is 5.56 Å². The molecule has 0 aliphatic rings. The van der Waals surface area contributed by atoms with E-state index in [9.17, 15) is 9.59 Å². The van der Waals surface area contributed by atoms with E-state index < -0.39 is 0 Å². The molecule has 1 aromatic heterocycles. The molecule has 1 heterocycles. The highest BCUT2D eigenvalue weighted by molar-refractivity contribution is 5.97. The summed E-state index contributed by atoms with van der Waals surface area (Å²) in [5.41, 5.74) is 1.65. The van der Waals surface area contributed by atoms with Gasteiger partial charge < -0.3 is 10.3 Å². The molecule has 2 N–H and O–H groups in total. The molecule has 0 aliphatic heterocycles. The van der Waals surface area contributed by atoms with E-state index in [2.05, 4.69) is 40.6 Å². The van der Waals surface area contributed by atoms with Crippen LogP contribution in [0.1, 0.15) is 15.9 Å². The molecule has 0 unspecified atom stereocenters. The molecule has 3 aromatic carbocycles. The number of benzene rings is 3. The predicted octanol–water partition coefficient (Wildman–Crippen LogP) is 3.65. The maximum atomic E-state index is 12.4. The van der Waals surface area contributed by atoms with E-state index in [-0.39, 0.29) is 17.0 Å². The normalized spacial score (nSPS) is 10.9. The summed E-state index contributed by atoms with van der Waals surface area (Å²) < 4.78 is 0. The SMILES string of the molecule is O=C(NCCc1ccc2ccccc2c1)c1cc2ccccc2[nH]c1=O. The molecule has 0 saturated heterocycles. The molecule has 0 saturated carbocycles. The molecule has 4 rings (SSSR count). The number of rotatable bonds is 4. The molecule has 0 bridgehead atoms. The number of para-hydroxylation sites is 1. The van der Waals surface area contributed by atoms with Crippen LogP contribution in [-0.2, 0) is 6.42 Å². The molecule has 26 heavy (non-hydrogen) atoms. The van der Waals surface area contributed by atoms with E-state index in [1.807, 2.05) is 36.4 Å². The molecule has 0 atom stereocenters. The van der Waals surface area contributed by atoms with E-state index in [1.54, 1.807) is 6.07 Å². The van der Waals surface area contributed by atoms with Crippen molar-refractivity contribution in [3.63, 3.8) is 0 Å². The van der Waals surface area contributed by atoms with Gasteiger partial charge in [-0.15, -0.1) is 0 Å². The summed E-state index contributed by atoms with van der Waals surface area (Å²) in [6.45, 7) is 0.476. The van der Waals surface area contributed by atoms with Crippen LogP contribution in [0.3, 0.4) is 0 Å². The summed E-state index contributed by atoms with van der Waals surface area (Å²) in [5, 5.41) is 6.06. The molecule has 0 radical (unpaired) electrons. The maximum Gasteiger partial charge on any atom is 0.261 e. The largest absolute Gasteiger partial charge is 0.352 e. The quantitative estimate of drug-likeness (QED) is 0.595. The minimum atomic E-state index is -0.369. The Hall–Kier alpha value is -3.40. The van der Waals surface area contributed by atoms with Gasteiger partial charge in [-0.2, -0.15) is 0 Å². The molecule has 0 aliphatic carbocycles. The Bertz CT molecular complexity index is 1160. The van der Waals surface area contributed by atoms with Crippen LogP contribution in [0, 0.1) is 0 Å². The van der Waals surface area contributed by atoms with E-state index in [0.717, 1.165) is 16.5 Å². The van der Waals surface area contributed by atoms with Crippen molar-refractivity contribution in [3.05, 3.63) is 94.3 Å². The number of carbonyl (C=O) groups excluding carboxylic acids is 1. The van der Waals surface area contributed by atoms with Crippen molar-refractivity contribution >= 4 is 27.6 Å². The fourth-order valence-electron chi connectivity index (χ4n) is 3.13. The standard InChI is InChI=1S/C22H18N2O2/c25-21(19-14-18-7-3-4-8-20(18)24-22(19)26)23-12-11-15-9-10-16-5-1-2-6-17(16)13-15/h1-10,13-14H,11-12H2,(H,23,25)(H,24,26). The number of nitrogens with one attached hydrogen (secondary N) is 2. The Morgan fingerprint density at radius 1 is 0.846 bits per heavy atom. The fourth-order valence-corrected chi connectivity index (χ4v) is 3.13. The average Bonchev–Trinajstić information content (AvgIpc) is 2.67. The first-order valence-corrected chi connectivity index (χ1v) is 8.59. The highest BCUT2D eigenvalue weighted by Gasteiger charge is 2.11. The van der Waals surface area contributed by atoms with Crippen molar-refractivity contribution in [1.29, 1.82) is 0 Å². The number of pyridine rings is 1. The van der Waals surface area contributed by atoms with Gasteiger partial charge in [0, 0.05) is 12.1 Å². The first-order valence-electron chi connectivity index (χ1n) is 8.59. The summed E-state index contributed by atoms with van der Waals surface area (Å²) >= 11 is 0. The first-order chi connectivity index (χ1) is 12.7. The van der Waals surface area contributed by atoms with Crippen molar-refractivity contribution in [2.75, 3.05) is 6.54 Å². The van der Waals surface area contributed by atoms with Crippen LogP contribution in [0.4, 0.5) is 0 Å². The van der Waals surface area contributed by atoms with Crippen molar-refractivity contribution in [3.8, 4) is 0 Å². The monoisotopic (exact) mass is 342 g/mol. The van der Waals surface area contributed by atoms with Crippen LogP contribution < -0.4 is 10.9 Å². The summed E-state index contributed by atoms with van der Waals surface area (Å²) in [5.74, 6) is -0.349. The third-order valence-corrected chi connectivity index (χ3v) is 4.51. The fraction of sp³-hybridized carbons (Fsp3) is 0.0909. The van der Waals surface area contributed by atoms with Gasteiger partial charge >= 0.3 is 0 Å². The zero-order valence-electron chi connectivity index (χ0n) is 14.2. The lowest BCUT2D eigenvalue weighted by atomic mass is 10.1. The summed E-state index contributed by atoms with van der Waals surface area (Å²) in [7, 11) is 0. The zero-order chi connectivity index (χ0) is 17.9. The number of amides is 1. The van der Waals surface area contributed by atoms with Gasteiger partial charge in [-0.3, -0.25) is 9.59 Å². The van der Waals surface area contributed by atoms with Gasteiger partial charge in [0.25, 0.3) is 11.5 Å². The van der Waals surface area contributed by atoms with Crippen LogP contribution in [0.2, 0.25) is 0 Å². The number of aromatic nitrogens is 1. The summed E-state index contributed by atoms with van der Waals surface area (Å²) in [6.07, 6.45) is 0.710. The first kappa shape index (κ1) is 16.1. The van der Waals surface area contributed by atoms with E-state index in [0.29, 0.717) is 13.0 Å². The van der Waals surface area contributed by atoms with Crippen molar-refractivity contribution in [2.24, 2.45) is 0 Å². The molecule has 128 valence electrons. The predicted molar refractivity (Wildman–Crippen MR) is 105 cm³/mol. The highest BCUT2D eigenvalue weighted by Crippen LogP contribution is 2.16.